The molecule has 0 N–H and O–H groups in total. The van der Waals surface area contributed by atoms with Crippen LogP contribution in [0.15, 0.2) is 85.1 Å². The normalized spacial score (nSPS) is 13.7. The number of rotatable bonds is 41. The van der Waals surface area contributed by atoms with Crippen LogP contribution in [0.5, 0.6) is 0 Å². The van der Waals surface area contributed by atoms with E-state index in [2.05, 4.69) is 92.8 Å². The third kappa shape index (κ3) is 42.6. The first kappa shape index (κ1) is 56.5. The van der Waals surface area contributed by atoms with Gasteiger partial charge in [-0.05, 0) is 64.2 Å². The van der Waals surface area contributed by atoms with E-state index in [0.29, 0.717) is 23.9 Å². The summed E-state index contributed by atoms with van der Waals surface area (Å²) in [5.41, 5.74) is 0. The fourth-order valence-corrected chi connectivity index (χ4v) is 5.82. The van der Waals surface area contributed by atoms with E-state index in [1.54, 1.807) is 0 Å². The summed E-state index contributed by atoms with van der Waals surface area (Å²) in [4.78, 5) is 37.0. The first-order valence-electron chi connectivity index (χ1n) is 23.2. The molecule has 0 fully saturated rings. The van der Waals surface area contributed by atoms with Gasteiger partial charge >= 0.3 is 11.9 Å². The van der Waals surface area contributed by atoms with Gasteiger partial charge in [-0.3, -0.25) is 9.59 Å². The minimum Gasteiger partial charge on any atom is -0.545 e. The molecule has 0 rings (SSSR count). The lowest BCUT2D eigenvalue weighted by molar-refractivity contribution is -0.870. The fourth-order valence-electron chi connectivity index (χ4n) is 5.82. The molecule has 60 heavy (non-hydrogen) atoms. The highest BCUT2D eigenvalue weighted by Crippen LogP contribution is 2.13. The molecule has 0 aliphatic rings. The van der Waals surface area contributed by atoms with Crippen LogP contribution in [0.2, 0.25) is 0 Å². The zero-order chi connectivity index (χ0) is 44.2. The van der Waals surface area contributed by atoms with Crippen LogP contribution in [-0.2, 0) is 33.3 Å². The maximum absolute atomic E-state index is 12.7. The highest BCUT2D eigenvalue weighted by molar-refractivity contribution is 5.70. The number of nitrogens with zero attached hydrogens (tertiary/aromatic N) is 1. The Labute approximate surface area is 366 Å². The summed E-state index contributed by atoms with van der Waals surface area (Å²) in [5.74, 6) is -2.38. The molecule has 2 atom stereocenters. The number of hydrogen-bond donors (Lipinski definition) is 0. The molecule has 0 spiro atoms. The number of carbonyl (C=O) groups is 3. The predicted molar refractivity (Wildman–Crippen MR) is 246 cm³/mol. The van der Waals surface area contributed by atoms with E-state index in [-0.39, 0.29) is 38.6 Å². The molecule has 342 valence electrons. The van der Waals surface area contributed by atoms with Gasteiger partial charge in [-0.2, -0.15) is 0 Å². The smallest absolute Gasteiger partial charge is 0.306 e. The number of likely N-dealkylation sites (N-methyl/N-ethyl adjacent to an activating group) is 1. The maximum Gasteiger partial charge on any atom is 0.306 e. The molecule has 9 heteroatoms. The van der Waals surface area contributed by atoms with Crippen LogP contribution in [0.1, 0.15) is 162 Å². The van der Waals surface area contributed by atoms with Gasteiger partial charge in [0.2, 0.25) is 0 Å². The van der Waals surface area contributed by atoms with Gasteiger partial charge in [0.25, 0.3) is 0 Å². The lowest BCUT2D eigenvalue weighted by Crippen LogP contribution is -2.44. The topological polar surface area (TPSA) is 111 Å². The van der Waals surface area contributed by atoms with E-state index in [4.69, 9.17) is 18.9 Å². The first-order chi connectivity index (χ1) is 29.1. The van der Waals surface area contributed by atoms with Crippen molar-refractivity contribution >= 4 is 17.9 Å². The van der Waals surface area contributed by atoms with Crippen LogP contribution in [0.4, 0.5) is 0 Å². The minimum atomic E-state index is -1.64. The van der Waals surface area contributed by atoms with Crippen LogP contribution in [-0.4, -0.2) is 82.3 Å². The standard InChI is InChI=1S/C51H85NO8/c1-6-8-10-12-14-16-18-20-21-22-23-24-25-26-27-28-29-30-32-34-36-38-40-42-49(54)60-47(46-59-51(50(55)56)57-44-43-52(3,4)5)45-58-48(53)41-39-37-35-33-31-19-17-15-13-11-9-7-2/h8,10,14,16,20-21,23-24,26-27,29-30,34,36,47,51H,6-7,9,11-13,15,17-19,22,25,28,31-33,35,37-46H2,1-5H3/b10-8-,16-14-,21-20-,24-23-,27-26-,30-29-,36-34-. The van der Waals surface area contributed by atoms with Gasteiger partial charge in [0, 0.05) is 12.8 Å². The van der Waals surface area contributed by atoms with Crippen molar-refractivity contribution in [3.8, 4) is 0 Å². The molecular weight excluding hydrogens is 755 g/mol. The van der Waals surface area contributed by atoms with Crippen LogP contribution in [0.3, 0.4) is 0 Å². The number of ether oxygens (including phenoxy) is 4. The van der Waals surface area contributed by atoms with Gasteiger partial charge in [-0.1, -0.05) is 170 Å². The van der Waals surface area contributed by atoms with Crippen molar-refractivity contribution in [2.24, 2.45) is 0 Å². The predicted octanol–water partition coefficient (Wildman–Crippen LogP) is 11.2. The van der Waals surface area contributed by atoms with Crippen LogP contribution in [0.25, 0.3) is 0 Å². The second-order valence-electron chi connectivity index (χ2n) is 16.3. The monoisotopic (exact) mass is 840 g/mol. The second-order valence-corrected chi connectivity index (χ2v) is 16.3. The van der Waals surface area contributed by atoms with E-state index < -0.39 is 24.3 Å². The molecule has 9 nitrogen and oxygen atoms in total. The molecule has 0 saturated heterocycles. The number of unbranched alkanes of at least 4 members (excludes halogenated alkanes) is 12. The van der Waals surface area contributed by atoms with Crippen LogP contribution >= 0.6 is 0 Å². The number of esters is 2. The minimum absolute atomic E-state index is 0.133. The average Bonchev–Trinajstić information content (AvgIpc) is 3.21. The van der Waals surface area contributed by atoms with Gasteiger partial charge in [0.1, 0.15) is 13.2 Å². The Morgan fingerprint density at radius 2 is 0.950 bits per heavy atom. The summed E-state index contributed by atoms with van der Waals surface area (Å²) in [5, 5.41) is 11.7. The molecule has 0 aromatic carbocycles. The number of carboxylic acid groups (broad SMARTS) is 1. The van der Waals surface area contributed by atoms with Gasteiger partial charge in [0.15, 0.2) is 12.4 Å². The quantitative estimate of drug-likeness (QED) is 0.0197. The summed E-state index contributed by atoms with van der Waals surface area (Å²) in [6.07, 6.45) is 50.5. The molecule has 0 aromatic heterocycles. The van der Waals surface area contributed by atoms with E-state index in [1.807, 2.05) is 27.2 Å². The molecule has 0 saturated carbocycles. The van der Waals surface area contributed by atoms with Crippen molar-refractivity contribution < 1.29 is 42.9 Å². The van der Waals surface area contributed by atoms with E-state index >= 15 is 0 Å². The SMILES string of the molecule is CC/C=C\C/C=C\C/C=C\C/C=C\C/C=C\C/C=C\C/C=C\CCCC(=O)OC(COC(=O)CCCCCCCCCCCCCC)COC(OCC[N+](C)(C)C)C(=O)[O-]. The molecule has 0 bridgehead atoms. The van der Waals surface area contributed by atoms with Gasteiger partial charge in [0.05, 0.1) is 40.3 Å². The number of aliphatic carboxylic acids is 1. The summed E-state index contributed by atoms with van der Waals surface area (Å²) in [6.45, 7) is 4.53. The number of carbonyl (C=O) groups excluding carboxylic acids is 3. The van der Waals surface area contributed by atoms with Gasteiger partial charge < -0.3 is 33.3 Å². The number of quaternary nitrogens is 1. The highest BCUT2D eigenvalue weighted by Gasteiger charge is 2.21. The lowest BCUT2D eigenvalue weighted by atomic mass is 10.0. The van der Waals surface area contributed by atoms with Crippen molar-refractivity contribution in [1.29, 1.82) is 0 Å². The van der Waals surface area contributed by atoms with Crippen molar-refractivity contribution in [2.75, 3.05) is 47.5 Å². The van der Waals surface area contributed by atoms with Crippen molar-refractivity contribution in [2.45, 2.75) is 174 Å². The first-order valence-corrected chi connectivity index (χ1v) is 23.2. The number of allylic oxidation sites excluding steroid dienone is 14. The maximum atomic E-state index is 12.7. The molecule has 0 amide bonds. The summed E-state index contributed by atoms with van der Waals surface area (Å²) < 4.78 is 22.5. The third-order valence-corrected chi connectivity index (χ3v) is 9.41. The summed E-state index contributed by atoms with van der Waals surface area (Å²) >= 11 is 0. The van der Waals surface area contributed by atoms with Crippen molar-refractivity contribution in [1.82, 2.24) is 0 Å². The van der Waals surface area contributed by atoms with E-state index in [9.17, 15) is 19.5 Å². The Morgan fingerprint density at radius 3 is 1.40 bits per heavy atom. The second kappa shape index (κ2) is 42.2. The van der Waals surface area contributed by atoms with E-state index in [1.165, 1.54) is 57.8 Å². The molecule has 0 heterocycles. The zero-order valence-electron chi connectivity index (χ0n) is 38.5. The highest BCUT2D eigenvalue weighted by atomic mass is 16.7. The molecule has 0 aliphatic heterocycles. The molecule has 0 aliphatic carbocycles. The Bertz CT molecular complexity index is 1260. The number of hydrogen-bond acceptors (Lipinski definition) is 8. The van der Waals surface area contributed by atoms with Crippen LogP contribution < -0.4 is 5.11 Å². The molecule has 2 unspecified atom stereocenters. The Morgan fingerprint density at radius 1 is 0.517 bits per heavy atom. The van der Waals surface area contributed by atoms with Crippen LogP contribution in [0, 0.1) is 0 Å². The fraction of sp³-hybridized carbons (Fsp3) is 0.667. The van der Waals surface area contributed by atoms with Gasteiger partial charge in [-0.25, -0.2) is 0 Å². The summed E-state index contributed by atoms with van der Waals surface area (Å²) in [7, 11) is 5.88. The third-order valence-electron chi connectivity index (χ3n) is 9.41. The number of carboxylic acids is 1. The van der Waals surface area contributed by atoms with E-state index in [0.717, 1.165) is 64.2 Å². The molecule has 0 aromatic rings. The Kier molecular flexibility index (Phi) is 39.7. The average molecular weight is 840 g/mol. The Hall–Kier alpha value is -3.53. The molecular formula is C51H85NO8. The largest absolute Gasteiger partial charge is 0.545 e. The molecule has 0 radical (unpaired) electrons. The Balaban J connectivity index is 4.53. The zero-order valence-corrected chi connectivity index (χ0v) is 38.5. The van der Waals surface area contributed by atoms with Crippen molar-refractivity contribution in [3.63, 3.8) is 0 Å². The van der Waals surface area contributed by atoms with Gasteiger partial charge in [-0.15, -0.1) is 0 Å². The lowest BCUT2D eigenvalue weighted by Gasteiger charge is -2.26. The van der Waals surface area contributed by atoms with Crippen molar-refractivity contribution in [3.05, 3.63) is 85.1 Å². The summed E-state index contributed by atoms with van der Waals surface area (Å²) in [6, 6.07) is 0.